The molecule has 8 aromatic rings. The molecular weight excluding hydrogens is 625 g/mol. The van der Waals surface area contributed by atoms with Crippen LogP contribution in [-0.4, -0.2) is 0 Å². The fourth-order valence-electron chi connectivity index (χ4n) is 7.96. The summed E-state index contributed by atoms with van der Waals surface area (Å²) >= 11 is 1.85. The first-order chi connectivity index (χ1) is 24.5. The summed E-state index contributed by atoms with van der Waals surface area (Å²) in [7, 11) is 0. The lowest BCUT2D eigenvalue weighted by molar-refractivity contribution is 0.510. The fourth-order valence-corrected chi connectivity index (χ4v) is 9.05. The van der Waals surface area contributed by atoms with Crippen LogP contribution < -0.4 is 11.1 Å². The topological polar surface area (TPSA) is 38.0 Å². The van der Waals surface area contributed by atoms with Crippen LogP contribution >= 0.6 is 11.3 Å². The summed E-state index contributed by atoms with van der Waals surface area (Å²) in [6.45, 7) is 4.71. The van der Waals surface area contributed by atoms with Crippen molar-refractivity contribution in [2.75, 3.05) is 0 Å². The highest BCUT2D eigenvalue weighted by atomic mass is 32.1. The minimum absolute atomic E-state index is 0.0943. The van der Waals surface area contributed by atoms with E-state index >= 15 is 0 Å². The zero-order valence-electron chi connectivity index (χ0n) is 28.2. The number of benzene rings is 7. The molecule has 9 rings (SSSR count). The van der Waals surface area contributed by atoms with Gasteiger partial charge in [0.2, 0.25) is 0 Å². The third-order valence-corrected chi connectivity index (χ3v) is 11.7. The van der Waals surface area contributed by atoms with Gasteiger partial charge < -0.3 is 5.73 Å². The molecule has 3 N–H and O–H groups in total. The highest BCUT2D eigenvalue weighted by Gasteiger charge is 2.36. The molecule has 0 saturated carbocycles. The zero-order chi connectivity index (χ0) is 33.8. The number of nitrogens with two attached hydrogens (primary N) is 1. The molecule has 1 heterocycles. The number of hydrogen-bond acceptors (Lipinski definition) is 3. The molecule has 7 aromatic carbocycles. The molecule has 0 amide bonds. The van der Waals surface area contributed by atoms with Crippen LogP contribution in [0.4, 0.5) is 0 Å². The second-order valence-electron chi connectivity index (χ2n) is 13.9. The summed E-state index contributed by atoms with van der Waals surface area (Å²) in [5, 5.41) is 8.97. The van der Waals surface area contributed by atoms with Gasteiger partial charge in [0.15, 0.2) is 0 Å². The standard InChI is InChI=1S/C47H38N2S/c1-47(2)40-21-12-17-30(45(40)39-27-32-15-6-7-16-33(32)29-41(39)47)23-25-42(49-46(48)31-13-4-3-5-14-31)36-19-9-8-18-35(36)34-24-26-44-38(28-34)37-20-10-11-22-43(37)50-44/h3-29,42,46,49H,48H2,1-2H3/b25-23+. The molecule has 0 spiro atoms. The van der Waals surface area contributed by atoms with E-state index in [1.807, 2.05) is 29.5 Å². The van der Waals surface area contributed by atoms with Crippen molar-refractivity contribution >= 4 is 48.4 Å². The molecule has 0 radical (unpaired) electrons. The van der Waals surface area contributed by atoms with Gasteiger partial charge >= 0.3 is 0 Å². The minimum atomic E-state index is -0.352. The highest BCUT2D eigenvalue weighted by Crippen LogP contribution is 2.51. The molecule has 0 bridgehead atoms. The first kappa shape index (κ1) is 30.7. The molecule has 0 fully saturated rings. The van der Waals surface area contributed by atoms with Gasteiger partial charge in [-0.1, -0.05) is 147 Å². The van der Waals surface area contributed by atoms with Crippen molar-refractivity contribution < 1.29 is 0 Å². The van der Waals surface area contributed by atoms with Crippen molar-refractivity contribution in [2.24, 2.45) is 5.73 Å². The monoisotopic (exact) mass is 662 g/mol. The predicted octanol–water partition coefficient (Wildman–Crippen LogP) is 12.2. The van der Waals surface area contributed by atoms with Gasteiger partial charge in [-0.3, -0.25) is 5.32 Å². The maximum Gasteiger partial charge on any atom is 0.0817 e. The molecule has 1 aromatic heterocycles. The normalized spacial score (nSPS) is 14.7. The summed E-state index contributed by atoms with van der Waals surface area (Å²) in [5.41, 5.74) is 18.1. The lowest BCUT2D eigenvalue weighted by Gasteiger charge is -2.24. The van der Waals surface area contributed by atoms with E-state index < -0.39 is 0 Å². The molecule has 3 heteroatoms. The summed E-state index contributed by atoms with van der Waals surface area (Å²) in [4.78, 5) is 0. The average molecular weight is 663 g/mol. The first-order valence-corrected chi connectivity index (χ1v) is 18.2. The second kappa shape index (κ2) is 12.2. The van der Waals surface area contributed by atoms with Gasteiger partial charge in [-0.15, -0.1) is 11.3 Å². The van der Waals surface area contributed by atoms with Gasteiger partial charge in [0.05, 0.1) is 12.2 Å². The minimum Gasteiger partial charge on any atom is -0.312 e. The molecule has 242 valence electrons. The van der Waals surface area contributed by atoms with E-state index in [0.717, 1.165) is 5.56 Å². The maximum absolute atomic E-state index is 6.91. The van der Waals surface area contributed by atoms with Crippen molar-refractivity contribution in [1.29, 1.82) is 0 Å². The van der Waals surface area contributed by atoms with Crippen LogP contribution in [-0.2, 0) is 5.41 Å². The molecular formula is C47H38N2S. The van der Waals surface area contributed by atoms with Crippen LogP contribution in [0.25, 0.3) is 59.3 Å². The van der Waals surface area contributed by atoms with E-state index in [1.54, 1.807) is 0 Å². The first-order valence-electron chi connectivity index (χ1n) is 17.4. The van der Waals surface area contributed by atoms with Crippen LogP contribution in [0.2, 0.25) is 0 Å². The number of thiophene rings is 1. The number of rotatable bonds is 7. The Labute approximate surface area is 297 Å². The predicted molar refractivity (Wildman–Crippen MR) is 215 cm³/mol. The van der Waals surface area contributed by atoms with Crippen LogP contribution in [0.5, 0.6) is 0 Å². The Morgan fingerprint density at radius 3 is 2.20 bits per heavy atom. The molecule has 0 aliphatic heterocycles. The molecule has 50 heavy (non-hydrogen) atoms. The number of fused-ring (bicyclic) bond motifs is 7. The number of hydrogen-bond donors (Lipinski definition) is 2. The lowest BCUT2D eigenvalue weighted by Crippen LogP contribution is -2.31. The van der Waals surface area contributed by atoms with Gasteiger partial charge in [0.1, 0.15) is 0 Å². The van der Waals surface area contributed by atoms with Crippen molar-refractivity contribution in [3.05, 3.63) is 186 Å². The third-order valence-electron chi connectivity index (χ3n) is 10.6. The Morgan fingerprint density at radius 1 is 0.620 bits per heavy atom. The van der Waals surface area contributed by atoms with Crippen LogP contribution in [0.15, 0.2) is 158 Å². The zero-order valence-corrected chi connectivity index (χ0v) is 29.0. The lowest BCUT2D eigenvalue weighted by atomic mass is 9.81. The average Bonchev–Trinajstić information content (AvgIpc) is 3.64. The molecule has 2 atom stereocenters. The van der Waals surface area contributed by atoms with E-state index in [2.05, 4.69) is 165 Å². The Balaban J connectivity index is 1.17. The van der Waals surface area contributed by atoms with Gasteiger partial charge in [-0.2, -0.15) is 0 Å². The Kier molecular flexibility index (Phi) is 7.51. The van der Waals surface area contributed by atoms with Gasteiger partial charge in [-0.05, 0) is 91.2 Å². The largest absolute Gasteiger partial charge is 0.312 e. The Bertz CT molecular complexity index is 2580. The van der Waals surface area contributed by atoms with Crippen molar-refractivity contribution in [3.8, 4) is 22.3 Å². The summed E-state index contributed by atoms with van der Waals surface area (Å²) in [6, 6.07) is 54.8. The summed E-state index contributed by atoms with van der Waals surface area (Å²) in [6.07, 6.45) is 4.26. The highest BCUT2D eigenvalue weighted by molar-refractivity contribution is 7.25. The van der Waals surface area contributed by atoms with E-state index in [-0.39, 0.29) is 17.6 Å². The smallest absolute Gasteiger partial charge is 0.0817 e. The Hall–Kier alpha value is -5.32. The molecule has 1 aliphatic rings. The molecule has 0 saturated heterocycles. The summed E-state index contributed by atoms with van der Waals surface area (Å²) in [5.74, 6) is 0. The van der Waals surface area contributed by atoms with Gasteiger partial charge in [0.25, 0.3) is 0 Å². The number of nitrogens with one attached hydrogen (secondary N) is 1. The maximum atomic E-state index is 6.91. The van der Waals surface area contributed by atoms with Crippen LogP contribution in [0, 0.1) is 0 Å². The van der Waals surface area contributed by atoms with E-state index in [0.29, 0.717) is 0 Å². The van der Waals surface area contributed by atoms with Gasteiger partial charge in [-0.25, -0.2) is 0 Å². The third kappa shape index (κ3) is 5.18. The van der Waals surface area contributed by atoms with Gasteiger partial charge in [0, 0.05) is 25.6 Å². The summed E-state index contributed by atoms with van der Waals surface area (Å²) < 4.78 is 2.62. The second-order valence-corrected chi connectivity index (χ2v) is 15.0. The quantitative estimate of drug-likeness (QED) is 0.167. The Morgan fingerprint density at radius 2 is 1.34 bits per heavy atom. The van der Waals surface area contributed by atoms with Crippen LogP contribution in [0.1, 0.15) is 53.9 Å². The fraction of sp³-hybridized carbons (Fsp3) is 0.106. The molecule has 1 aliphatic carbocycles. The van der Waals surface area contributed by atoms with E-state index in [1.165, 1.54) is 75.5 Å². The van der Waals surface area contributed by atoms with Crippen LogP contribution in [0.3, 0.4) is 0 Å². The van der Waals surface area contributed by atoms with Crippen molar-refractivity contribution in [1.82, 2.24) is 5.32 Å². The van der Waals surface area contributed by atoms with E-state index in [9.17, 15) is 0 Å². The van der Waals surface area contributed by atoms with Crippen molar-refractivity contribution in [2.45, 2.75) is 31.5 Å². The molecule has 2 unspecified atom stereocenters. The SMILES string of the molecule is CC1(C)c2cc3ccccc3cc2-c2c(/C=C/C(NC(N)c3ccccc3)c3ccccc3-c3ccc4sc5ccccc5c4c3)cccc21. The van der Waals surface area contributed by atoms with E-state index in [4.69, 9.17) is 5.73 Å². The van der Waals surface area contributed by atoms with Crippen molar-refractivity contribution in [3.63, 3.8) is 0 Å². The molecule has 2 nitrogen and oxygen atoms in total.